The molecule has 4 heterocycles. The van der Waals surface area contributed by atoms with Crippen molar-refractivity contribution in [3.05, 3.63) is 68.7 Å². The summed E-state index contributed by atoms with van der Waals surface area (Å²) in [5, 5.41) is 0.341. The molecule has 1 aliphatic heterocycles. The van der Waals surface area contributed by atoms with Gasteiger partial charge in [-0.15, -0.1) is 11.3 Å². The molecule has 11 nitrogen and oxygen atoms in total. The summed E-state index contributed by atoms with van der Waals surface area (Å²) in [4.78, 5) is 62.5. The minimum Gasteiger partial charge on any atom is -0.496 e. The molecule has 3 aromatic heterocycles. The standard InChI is InChI=1S/C34H40N4O7S/c1-5-34(3,32(41)36-17-8-9-18-36)38-30(40)27-21(2)28(29-35-16-19-44-29)46-31(27)37(33(38)42)20-26(24-10-6-7-11-25(24)43-4)45-23-14-12-22(39)13-15-23/h6-7,10-11,16,19,23,26H,5,8-9,12-15,17-18,20H2,1-4H3/t26-,34?/m0/s1. The van der Waals surface area contributed by atoms with E-state index in [4.69, 9.17) is 13.9 Å². The van der Waals surface area contributed by atoms with Crippen LogP contribution in [0, 0.1) is 6.92 Å². The number of ether oxygens (including phenoxy) is 2. The highest BCUT2D eigenvalue weighted by molar-refractivity contribution is 7.22. The number of carbonyl (C=O) groups is 2. The molecule has 2 fully saturated rings. The summed E-state index contributed by atoms with van der Waals surface area (Å²) in [6.07, 6.45) is 6.22. The maximum atomic E-state index is 14.8. The van der Waals surface area contributed by atoms with Gasteiger partial charge >= 0.3 is 5.69 Å². The van der Waals surface area contributed by atoms with Gasteiger partial charge in [-0.3, -0.25) is 19.0 Å². The Morgan fingerprint density at radius 3 is 2.52 bits per heavy atom. The molecule has 1 amide bonds. The number of methoxy groups -OCH3 is 1. The molecule has 6 rings (SSSR count). The van der Waals surface area contributed by atoms with Gasteiger partial charge in [-0.1, -0.05) is 25.1 Å². The third-order valence-corrected chi connectivity index (χ3v) is 10.9. The van der Waals surface area contributed by atoms with Gasteiger partial charge in [0.2, 0.25) is 11.8 Å². The number of ketones is 1. The van der Waals surface area contributed by atoms with E-state index in [2.05, 4.69) is 4.98 Å². The predicted molar refractivity (Wildman–Crippen MR) is 174 cm³/mol. The van der Waals surface area contributed by atoms with Crippen LogP contribution in [0.5, 0.6) is 5.75 Å². The zero-order chi connectivity index (χ0) is 32.6. The molecule has 0 N–H and O–H groups in total. The highest BCUT2D eigenvalue weighted by atomic mass is 32.1. The van der Waals surface area contributed by atoms with E-state index in [9.17, 15) is 19.2 Å². The fraction of sp³-hybridized carbons (Fsp3) is 0.500. The van der Waals surface area contributed by atoms with E-state index in [0.29, 0.717) is 71.1 Å². The van der Waals surface area contributed by atoms with Gasteiger partial charge in [0.15, 0.2) is 0 Å². The zero-order valence-electron chi connectivity index (χ0n) is 26.7. The number of hydrogen-bond donors (Lipinski definition) is 0. The molecule has 244 valence electrons. The Hall–Kier alpha value is -4.03. The van der Waals surface area contributed by atoms with E-state index in [1.807, 2.05) is 38.1 Å². The summed E-state index contributed by atoms with van der Waals surface area (Å²) in [5.41, 5.74) is -1.14. The lowest BCUT2D eigenvalue weighted by Crippen LogP contribution is -2.57. The molecule has 1 unspecified atom stereocenters. The number of hydrogen-bond acceptors (Lipinski definition) is 9. The van der Waals surface area contributed by atoms with E-state index >= 15 is 0 Å². The molecular weight excluding hydrogens is 608 g/mol. The summed E-state index contributed by atoms with van der Waals surface area (Å²) in [6, 6.07) is 7.50. The van der Waals surface area contributed by atoms with Crippen molar-refractivity contribution >= 4 is 33.2 Å². The van der Waals surface area contributed by atoms with Crippen LogP contribution in [-0.2, 0) is 26.4 Å². The predicted octanol–water partition coefficient (Wildman–Crippen LogP) is 5.21. The van der Waals surface area contributed by atoms with Crippen molar-refractivity contribution in [3.63, 3.8) is 0 Å². The number of oxazole rings is 1. The summed E-state index contributed by atoms with van der Waals surface area (Å²) in [6.45, 7) is 6.58. The first-order valence-corrected chi connectivity index (χ1v) is 16.8. The van der Waals surface area contributed by atoms with Crippen LogP contribution in [0.3, 0.4) is 0 Å². The van der Waals surface area contributed by atoms with Crippen molar-refractivity contribution in [3.8, 4) is 16.5 Å². The fourth-order valence-electron chi connectivity index (χ4n) is 6.74. The van der Waals surface area contributed by atoms with Gasteiger partial charge < -0.3 is 18.8 Å². The third-order valence-electron chi connectivity index (χ3n) is 9.56. The number of nitrogens with zero attached hydrogens (tertiary/aromatic N) is 4. The van der Waals surface area contributed by atoms with Gasteiger partial charge in [0.05, 0.1) is 36.2 Å². The first-order chi connectivity index (χ1) is 22.2. The highest BCUT2D eigenvalue weighted by Crippen LogP contribution is 2.38. The normalized spacial score (nSPS) is 17.8. The maximum Gasteiger partial charge on any atom is 0.333 e. The van der Waals surface area contributed by atoms with Gasteiger partial charge in [0.25, 0.3) is 5.56 Å². The Morgan fingerprint density at radius 1 is 1.15 bits per heavy atom. The average molecular weight is 649 g/mol. The molecular formula is C34H40N4O7S. The molecule has 12 heteroatoms. The van der Waals surface area contributed by atoms with E-state index in [1.54, 1.807) is 23.5 Å². The van der Waals surface area contributed by atoms with Crippen LogP contribution in [0.15, 0.2) is 50.7 Å². The lowest BCUT2D eigenvalue weighted by molar-refractivity contribution is -0.139. The van der Waals surface area contributed by atoms with Gasteiger partial charge in [0.1, 0.15) is 34.3 Å². The Morgan fingerprint density at radius 2 is 1.87 bits per heavy atom. The van der Waals surface area contributed by atoms with Crippen molar-refractivity contribution in [2.75, 3.05) is 20.2 Å². The number of aryl methyl sites for hydroxylation is 1. The van der Waals surface area contributed by atoms with Crippen molar-refractivity contribution in [1.29, 1.82) is 0 Å². The van der Waals surface area contributed by atoms with Gasteiger partial charge in [-0.05, 0) is 57.6 Å². The molecule has 1 saturated carbocycles. The first-order valence-electron chi connectivity index (χ1n) is 16.0. The van der Waals surface area contributed by atoms with Crippen LogP contribution in [0.4, 0.5) is 0 Å². The summed E-state index contributed by atoms with van der Waals surface area (Å²) >= 11 is 1.26. The molecule has 2 atom stereocenters. The Balaban J connectivity index is 1.57. The number of thiophene rings is 1. The van der Waals surface area contributed by atoms with Crippen LogP contribution in [-0.4, -0.2) is 57.0 Å². The lowest BCUT2D eigenvalue weighted by atomic mass is 9.95. The summed E-state index contributed by atoms with van der Waals surface area (Å²) < 4.78 is 20.8. The second-order valence-electron chi connectivity index (χ2n) is 12.3. The van der Waals surface area contributed by atoms with E-state index in [0.717, 1.165) is 23.0 Å². The molecule has 1 saturated heterocycles. The van der Waals surface area contributed by atoms with Crippen molar-refractivity contribution < 1.29 is 23.5 Å². The van der Waals surface area contributed by atoms with Gasteiger partial charge in [0, 0.05) is 31.5 Å². The van der Waals surface area contributed by atoms with E-state index in [-0.39, 0.29) is 30.8 Å². The number of amides is 1. The molecule has 1 aliphatic carbocycles. The number of rotatable bonds is 10. The smallest absolute Gasteiger partial charge is 0.333 e. The number of carbonyl (C=O) groups excluding carboxylic acids is 2. The van der Waals surface area contributed by atoms with Crippen molar-refractivity contribution in [1.82, 2.24) is 19.0 Å². The molecule has 0 spiro atoms. The van der Waals surface area contributed by atoms with Crippen LogP contribution in [0.1, 0.15) is 76.0 Å². The highest BCUT2D eigenvalue weighted by Gasteiger charge is 2.42. The van der Waals surface area contributed by atoms with Crippen molar-refractivity contribution in [2.24, 2.45) is 0 Å². The SMILES string of the molecule is CCC(C)(C(=O)N1CCCC1)n1c(=O)c2c(C)c(-c3ncco3)sc2n(C[C@H](OC2CCC(=O)CC2)c2ccccc2OC)c1=O. The monoisotopic (exact) mass is 648 g/mol. The second kappa shape index (κ2) is 13.0. The summed E-state index contributed by atoms with van der Waals surface area (Å²) in [5.74, 6) is 0.929. The number of fused-ring (bicyclic) bond motifs is 1. The Kier molecular flexibility index (Phi) is 9.02. The number of para-hydroxylation sites is 1. The molecule has 0 radical (unpaired) electrons. The number of benzene rings is 1. The quantitative estimate of drug-likeness (QED) is 0.229. The van der Waals surface area contributed by atoms with Crippen LogP contribution in [0.2, 0.25) is 0 Å². The molecule has 46 heavy (non-hydrogen) atoms. The summed E-state index contributed by atoms with van der Waals surface area (Å²) in [7, 11) is 1.58. The lowest BCUT2D eigenvalue weighted by Gasteiger charge is -2.34. The number of likely N-dealkylation sites (tertiary alicyclic amines) is 1. The zero-order valence-corrected chi connectivity index (χ0v) is 27.6. The van der Waals surface area contributed by atoms with E-state index < -0.39 is 22.9 Å². The maximum absolute atomic E-state index is 14.8. The van der Waals surface area contributed by atoms with Crippen LogP contribution < -0.4 is 16.0 Å². The number of aromatic nitrogens is 3. The number of Topliss-reactive ketones (excluding diaryl/α,β-unsaturated/α-hetero) is 1. The van der Waals surface area contributed by atoms with Crippen LogP contribution in [0.25, 0.3) is 21.0 Å². The Labute approximate surface area is 270 Å². The largest absolute Gasteiger partial charge is 0.496 e. The van der Waals surface area contributed by atoms with Crippen molar-refractivity contribution in [2.45, 2.75) is 90.0 Å². The third kappa shape index (κ3) is 5.62. The van der Waals surface area contributed by atoms with Gasteiger partial charge in [-0.25, -0.2) is 14.3 Å². The minimum atomic E-state index is -1.41. The molecule has 4 aromatic rings. The average Bonchev–Trinajstić information content (AvgIpc) is 3.85. The van der Waals surface area contributed by atoms with Crippen LogP contribution >= 0.6 is 11.3 Å². The van der Waals surface area contributed by atoms with E-state index in [1.165, 1.54) is 23.8 Å². The molecule has 0 bridgehead atoms. The topological polar surface area (TPSA) is 126 Å². The molecule has 2 aliphatic rings. The first kappa shape index (κ1) is 31.9. The van der Waals surface area contributed by atoms with Gasteiger partial charge in [-0.2, -0.15) is 0 Å². The molecule has 1 aromatic carbocycles. The second-order valence-corrected chi connectivity index (χ2v) is 13.3. The fourth-order valence-corrected chi connectivity index (χ4v) is 7.98. The Bertz CT molecular complexity index is 1860. The minimum absolute atomic E-state index is 0.0448.